The molecule has 1 atom stereocenters. The third-order valence-corrected chi connectivity index (χ3v) is 5.74. The Kier molecular flexibility index (Phi) is 5.59. The molecule has 1 aromatic carbocycles. The molecule has 0 radical (unpaired) electrons. The van der Waals surface area contributed by atoms with Gasteiger partial charge in [-0.1, -0.05) is 13.8 Å². The molecule has 0 saturated carbocycles. The van der Waals surface area contributed by atoms with Crippen molar-refractivity contribution in [1.82, 2.24) is 0 Å². The Morgan fingerprint density at radius 3 is 2.53 bits per heavy atom. The normalized spacial score (nSPS) is 20.0. The fraction of sp³-hybridized carbons (Fsp3) is 0.360. The maximum atomic E-state index is 13.2. The minimum absolute atomic E-state index is 0.0555. The van der Waals surface area contributed by atoms with E-state index in [1.54, 1.807) is 20.1 Å². The number of rotatable bonds is 5. The topological polar surface area (TPSA) is 101 Å². The van der Waals surface area contributed by atoms with Gasteiger partial charge < -0.3 is 24.4 Å². The average molecular weight is 437 g/mol. The van der Waals surface area contributed by atoms with Gasteiger partial charge in [-0.15, -0.1) is 0 Å². The molecule has 1 unspecified atom stereocenters. The molecule has 2 aromatic rings. The molecule has 168 valence electrons. The second-order valence-electron chi connectivity index (χ2n) is 8.74. The van der Waals surface area contributed by atoms with Crippen molar-refractivity contribution in [2.24, 2.45) is 11.1 Å². The zero-order valence-corrected chi connectivity index (χ0v) is 18.7. The van der Waals surface area contributed by atoms with Gasteiger partial charge in [-0.05, 0) is 48.7 Å². The lowest BCUT2D eigenvalue weighted by Crippen LogP contribution is -2.35. The van der Waals surface area contributed by atoms with E-state index in [-0.39, 0.29) is 29.3 Å². The Balaban J connectivity index is 1.80. The number of methoxy groups -OCH3 is 1. The van der Waals surface area contributed by atoms with Crippen LogP contribution >= 0.6 is 0 Å². The highest BCUT2D eigenvalue weighted by Gasteiger charge is 2.46. The molecule has 1 aliphatic carbocycles. The second kappa shape index (κ2) is 8.22. The molecular formula is C25H27NO6. The predicted octanol–water partition coefficient (Wildman–Crippen LogP) is 4.45. The number of benzene rings is 1. The van der Waals surface area contributed by atoms with E-state index in [4.69, 9.17) is 24.4 Å². The first-order valence-electron chi connectivity index (χ1n) is 10.6. The maximum Gasteiger partial charge on any atom is 0.340 e. The van der Waals surface area contributed by atoms with Crippen LogP contribution in [0.2, 0.25) is 0 Å². The fourth-order valence-corrected chi connectivity index (χ4v) is 4.30. The lowest BCUT2D eigenvalue weighted by atomic mass is 9.71. The second-order valence-corrected chi connectivity index (χ2v) is 8.74. The van der Waals surface area contributed by atoms with Crippen molar-refractivity contribution >= 4 is 11.8 Å². The molecular weight excluding hydrogens is 410 g/mol. The SMILES string of the molecule is CCOC(=O)C1=C(N)OC2=C(C(=O)CC(C)(C)C2)C1c1ccc(-c2ccc(OC)cc2)o1. The molecule has 1 aliphatic heterocycles. The van der Waals surface area contributed by atoms with Crippen molar-refractivity contribution in [3.8, 4) is 17.1 Å². The summed E-state index contributed by atoms with van der Waals surface area (Å²) >= 11 is 0. The highest BCUT2D eigenvalue weighted by Crippen LogP contribution is 2.49. The van der Waals surface area contributed by atoms with Gasteiger partial charge in [-0.25, -0.2) is 4.79 Å². The van der Waals surface area contributed by atoms with Crippen LogP contribution in [0.15, 0.2) is 63.6 Å². The molecule has 2 N–H and O–H groups in total. The maximum absolute atomic E-state index is 13.2. The van der Waals surface area contributed by atoms with Crippen molar-refractivity contribution in [2.75, 3.05) is 13.7 Å². The van der Waals surface area contributed by atoms with Crippen LogP contribution in [0.25, 0.3) is 11.3 Å². The summed E-state index contributed by atoms with van der Waals surface area (Å²) in [6, 6.07) is 11.0. The molecule has 0 spiro atoms. The molecule has 0 bridgehead atoms. The number of carbonyl (C=O) groups is 2. The van der Waals surface area contributed by atoms with E-state index in [0.717, 1.165) is 11.3 Å². The summed E-state index contributed by atoms with van der Waals surface area (Å²) < 4.78 is 22.4. The summed E-state index contributed by atoms with van der Waals surface area (Å²) in [4.78, 5) is 26.0. The number of furan rings is 1. The number of esters is 1. The first-order valence-corrected chi connectivity index (χ1v) is 10.6. The Hall–Kier alpha value is -3.48. The Labute approximate surface area is 186 Å². The van der Waals surface area contributed by atoms with Gasteiger partial charge >= 0.3 is 5.97 Å². The monoisotopic (exact) mass is 437 g/mol. The van der Waals surface area contributed by atoms with Gasteiger partial charge in [0.2, 0.25) is 5.88 Å². The van der Waals surface area contributed by atoms with Crippen LogP contribution in [0.3, 0.4) is 0 Å². The van der Waals surface area contributed by atoms with Gasteiger partial charge in [-0.2, -0.15) is 0 Å². The minimum atomic E-state index is -0.784. The number of hydrogen-bond donors (Lipinski definition) is 1. The van der Waals surface area contributed by atoms with Crippen molar-refractivity contribution < 1.29 is 28.2 Å². The summed E-state index contributed by atoms with van der Waals surface area (Å²) in [7, 11) is 1.60. The van der Waals surface area contributed by atoms with E-state index >= 15 is 0 Å². The molecule has 7 nitrogen and oxygen atoms in total. The summed E-state index contributed by atoms with van der Waals surface area (Å²) in [6.07, 6.45) is 0.876. The van der Waals surface area contributed by atoms with E-state index in [0.29, 0.717) is 35.7 Å². The van der Waals surface area contributed by atoms with Gasteiger partial charge in [0.15, 0.2) is 5.78 Å². The molecule has 0 amide bonds. The van der Waals surface area contributed by atoms with E-state index < -0.39 is 11.9 Å². The van der Waals surface area contributed by atoms with Crippen molar-refractivity contribution in [2.45, 2.75) is 39.5 Å². The van der Waals surface area contributed by atoms with Crippen LogP contribution in [-0.4, -0.2) is 25.5 Å². The standard InChI is InChI=1S/C25H27NO6/c1-5-30-24(28)22-21(20-16(27)12-25(2,3)13-19(20)32-23(22)26)18-11-10-17(31-18)14-6-8-15(29-4)9-7-14/h6-11,21H,5,12-13,26H2,1-4H3. The van der Waals surface area contributed by atoms with Crippen LogP contribution in [0.1, 0.15) is 45.3 Å². The number of nitrogens with two attached hydrogens (primary N) is 1. The first kappa shape index (κ1) is 21.7. The largest absolute Gasteiger partial charge is 0.497 e. The van der Waals surface area contributed by atoms with Crippen molar-refractivity contribution in [3.63, 3.8) is 0 Å². The highest BCUT2D eigenvalue weighted by atomic mass is 16.5. The van der Waals surface area contributed by atoms with E-state index in [9.17, 15) is 9.59 Å². The lowest BCUT2D eigenvalue weighted by molar-refractivity contribution is -0.139. The highest BCUT2D eigenvalue weighted by molar-refractivity contribution is 6.03. The number of ketones is 1. The van der Waals surface area contributed by atoms with Crippen LogP contribution in [0.5, 0.6) is 5.75 Å². The third kappa shape index (κ3) is 3.90. The van der Waals surface area contributed by atoms with Gasteiger partial charge in [0, 0.05) is 24.0 Å². The summed E-state index contributed by atoms with van der Waals surface area (Å²) in [6.45, 7) is 5.89. The predicted molar refractivity (Wildman–Crippen MR) is 117 cm³/mol. The number of hydrogen-bond acceptors (Lipinski definition) is 7. The lowest BCUT2D eigenvalue weighted by Gasteiger charge is -2.37. The van der Waals surface area contributed by atoms with Crippen molar-refractivity contribution in [3.05, 3.63) is 64.9 Å². The van der Waals surface area contributed by atoms with Gasteiger partial charge in [0.25, 0.3) is 0 Å². The molecule has 4 rings (SSSR count). The third-order valence-electron chi connectivity index (χ3n) is 5.74. The van der Waals surface area contributed by atoms with Crippen molar-refractivity contribution in [1.29, 1.82) is 0 Å². The molecule has 0 saturated heterocycles. The van der Waals surface area contributed by atoms with E-state index in [1.807, 2.05) is 44.2 Å². The van der Waals surface area contributed by atoms with Gasteiger partial charge in [0.05, 0.1) is 19.6 Å². The summed E-state index contributed by atoms with van der Waals surface area (Å²) in [5.74, 6) is 0.708. The molecule has 2 aliphatic rings. The van der Waals surface area contributed by atoms with Gasteiger partial charge in [-0.3, -0.25) is 4.79 Å². The summed E-state index contributed by atoms with van der Waals surface area (Å²) in [5, 5.41) is 0. The van der Waals surface area contributed by atoms with E-state index in [2.05, 4.69) is 0 Å². The quantitative estimate of drug-likeness (QED) is 0.690. The fourth-order valence-electron chi connectivity index (χ4n) is 4.30. The van der Waals surface area contributed by atoms with Crippen LogP contribution < -0.4 is 10.5 Å². The Bertz CT molecular complexity index is 1120. The first-order chi connectivity index (χ1) is 15.2. The minimum Gasteiger partial charge on any atom is -0.497 e. The van der Waals surface area contributed by atoms with Crippen LogP contribution in [0, 0.1) is 5.41 Å². The van der Waals surface area contributed by atoms with Gasteiger partial charge in [0.1, 0.15) is 28.6 Å². The zero-order chi connectivity index (χ0) is 23.0. The molecule has 2 heterocycles. The van der Waals surface area contributed by atoms with Crippen LogP contribution in [0.4, 0.5) is 0 Å². The Morgan fingerprint density at radius 2 is 1.88 bits per heavy atom. The Morgan fingerprint density at radius 1 is 1.16 bits per heavy atom. The number of ether oxygens (including phenoxy) is 3. The smallest absolute Gasteiger partial charge is 0.340 e. The number of Topliss-reactive ketones (excluding diaryl/α,β-unsaturated/α-hetero) is 1. The average Bonchev–Trinajstić information content (AvgIpc) is 3.22. The zero-order valence-electron chi connectivity index (χ0n) is 18.7. The molecule has 32 heavy (non-hydrogen) atoms. The molecule has 0 fully saturated rings. The summed E-state index contributed by atoms with van der Waals surface area (Å²) in [5.41, 5.74) is 7.26. The van der Waals surface area contributed by atoms with E-state index in [1.165, 1.54) is 0 Å². The van der Waals surface area contributed by atoms with Crippen LogP contribution in [-0.2, 0) is 19.1 Å². The molecule has 7 heteroatoms. The number of carbonyl (C=O) groups excluding carboxylic acids is 2. The number of allylic oxidation sites excluding steroid dienone is 2. The molecule has 1 aromatic heterocycles.